The Balaban J connectivity index is -0.000000191. The molecule has 2 nitrogen and oxygen atoms in total. The molecule has 12 aromatic carbocycles. The van der Waals surface area contributed by atoms with Crippen LogP contribution in [0.15, 0.2) is 364 Å². The third kappa shape index (κ3) is 95.7. The predicted octanol–water partition coefficient (Wildman–Crippen LogP) is 22.5. The van der Waals surface area contributed by atoms with Crippen LogP contribution in [-0.2, 0) is 361 Å². The number of hydrogen-bond acceptors (Lipinski definition) is 14. The van der Waals surface area contributed by atoms with Crippen molar-refractivity contribution in [2.24, 2.45) is 0 Å². The van der Waals surface area contributed by atoms with Crippen LogP contribution in [0.3, 0.4) is 0 Å². The second-order valence-corrected chi connectivity index (χ2v) is 30.0. The molecule has 0 aromatic heterocycles. The summed E-state index contributed by atoms with van der Waals surface area (Å²) in [6.45, 7) is 6.11. The van der Waals surface area contributed by atoms with Gasteiger partial charge < -0.3 is 161 Å². The Labute approximate surface area is 888 Å². The van der Waals surface area contributed by atoms with E-state index in [4.69, 9.17) is 152 Å². The van der Waals surface area contributed by atoms with Crippen molar-refractivity contribution in [3.8, 4) is 0 Å². The molecule has 0 saturated heterocycles. The van der Waals surface area contributed by atoms with Crippen LogP contribution in [0.5, 0.6) is 0 Å². The van der Waals surface area contributed by atoms with Gasteiger partial charge in [0.25, 0.3) is 0 Å². The summed E-state index contributed by atoms with van der Waals surface area (Å²) in [4.78, 5) is 18.9. The van der Waals surface area contributed by atoms with Gasteiger partial charge in [-0.3, -0.25) is 0 Å². The Morgan fingerprint density at radius 2 is 0.189 bits per heavy atom. The monoisotopic (exact) mass is 2400 g/mol. The van der Waals surface area contributed by atoms with Crippen molar-refractivity contribution in [1.82, 2.24) is 0 Å². The molecular formula is C102H120O2Pd6S12. The average molecular weight is 2400 g/mol. The molecule has 122 heavy (non-hydrogen) atoms. The van der Waals surface area contributed by atoms with Crippen molar-refractivity contribution in [1.29, 1.82) is 0 Å². The zero-order valence-electron chi connectivity index (χ0n) is 70.2. The van der Waals surface area contributed by atoms with Crippen LogP contribution < -0.4 is 0 Å². The second-order valence-electron chi connectivity index (χ2n) is 25.1. The van der Waals surface area contributed by atoms with E-state index in [1.54, 1.807) is 0 Å². The van der Waals surface area contributed by atoms with E-state index >= 15 is 0 Å². The van der Waals surface area contributed by atoms with Gasteiger partial charge in [-0.15, -0.1) is 0 Å². The maximum absolute atomic E-state index is 9.44. The van der Waals surface area contributed by atoms with E-state index in [0.717, 1.165) is 146 Å². The molecule has 0 unspecified atom stereocenters. The smallest absolute Gasteiger partial charge is 0.792 e. The van der Waals surface area contributed by atoms with Crippen LogP contribution in [0.4, 0.5) is 0 Å². The molecule has 12 rings (SSSR count). The molecule has 0 heterocycles. The summed E-state index contributed by atoms with van der Waals surface area (Å²) in [5.41, 5.74) is 16.1. The first-order valence-electron chi connectivity index (χ1n) is 39.0. The van der Waals surface area contributed by atoms with Crippen LogP contribution in [0.1, 0.15) is 94.5 Å². The quantitative estimate of drug-likeness (QED) is 0.0425. The minimum absolute atomic E-state index is 0. The summed E-state index contributed by atoms with van der Waals surface area (Å²) in [7, 11) is 0. The van der Waals surface area contributed by atoms with Gasteiger partial charge in [0.2, 0.25) is 0 Å². The fourth-order valence-corrected chi connectivity index (χ4v) is 12.0. The average Bonchev–Trinajstić information content (AvgIpc) is 1.09. The summed E-state index contributed by atoms with van der Waals surface area (Å²) in [6, 6.07) is 124. The molecular weight excluding hydrogens is 2280 g/mol. The van der Waals surface area contributed by atoms with Crippen molar-refractivity contribution in [3.05, 3.63) is 431 Å². The molecule has 20 heteroatoms. The maximum Gasteiger partial charge on any atom is 2.00 e. The molecule has 0 atom stereocenters. The van der Waals surface area contributed by atoms with Crippen LogP contribution in [-0.4, -0.2) is 80.6 Å². The SMILES string of the molecule is CC(C)=O.CC(C)=O.[Pd+2].[Pd+2].[Pd+2].[Pd+2].[Pd+2].[Pd+2].[S-]CCc1ccccc1.[S-]CCc1ccccc1.[S-]CCc1ccccc1.[S-]CCc1ccccc1.[S-]CCc1ccccc1.[S-]CCc1ccccc1.[S-]CCc1ccccc1.[S-]CCc1ccccc1.[S-]CCc1ccccc1.[S-]CCc1ccccc1.[S-]CCc1ccccc1.[S-]CCc1ccccc1. The van der Waals surface area contributed by atoms with E-state index in [2.05, 4.69) is 146 Å². The summed E-state index contributed by atoms with van der Waals surface area (Å²) in [6.07, 6.45) is 12.3. The summed E-state index contributed by atoms with van der Waals surface area (Å²) in [5.74, 6) is 10.2. The van der Waals surface area contributed by atoms with Gasteiger partial charge in [-0.25, -0.2) is 0 Å². The third-order valence-electron chi connectivity index (χ3n) is 14.8. The minimum Gasteiger partial charge on any atom is -0.792 e. The largest absolute Gasteiger partial charge is 2.00 e. The molecule has 0 bridgehead atoms. The van der Waals surface area contributed by atoms with Crippen LogP contribution in [0.25, 0.3) is 0 Å². The molecule has 0 N–H and O–H groups in total. The van der Waals surface area contributed by atoms with Crippen LogP contribution in [0.2, 0.25) is 0 Å². The predicted molar refractivity (Wildman–Crippen MR) is 541 cm³/mol. The molecule has 0 saturated carbocycles. The molecule has 0 aliphatic rings. The summed E-state index contributed by atoms with van der Waals surface area (Å²) >= 11 is 58.0. The Hall–Kier alpha value is -1.85. The Kier molecular flexibility index (Phi) is 120. The zero-order chi connectivity index (χ0) is 85.5. The Morgan fingerprint density at radius 1 is 0.139 bits per heavy atom. The van der Waals surface area contributed by atoms with Crippen molar-refractivity contribution in [2.45, 2.75) is 105 Å². The van der Waals surface area contributed by atoms with E-state index in [0.29, 0.717) is 0 Å². The van der Waals surface area contributed by atoms with Crippen molar-refractivity contribution in [3.63, 3.8) is 0 Å². The topological polar surface area (TPSA) is 34.1 Å². The number of carbonyl (C=O) groups excluding carboxylic acids is 2. The molecule has 0 aliphatic heterocycles. The van der Waals surface area contributed by atoms with Crippen LogP contribution in [0, 0.1) is 0 Å². The molecule has 672 valence electrons. The van der Waals surface area contributed by atoms with E-state index < -0.39 is 0 Å². The van der Waals surface area contributed by atoms with E-state index in [1.165, 1.54) is 94.5 Å². The molecule has 0 radical (unpaired) electrons. The summed E-state index contributed by atoms with van der Waals surface area (Å²) in [5, 5.41) is 0. The van der Waals surface area contributed by atoms with Gasteiger partial charge in [0.15, 0.2) is 0 Å². The van der Waals surface area contributed by atoms with Crippen molar-refractivity contribution < 1.29 is 132 Å². The number of Topliss-reactive ketones (excluding diaryl/α,β-unsaturated/α-hetero) is 2. The van der Waals surface area contributed by atoms with Gasteiger partial charge in [-0.1, -0.05) is 364 Å². The van der Waals surface area contributed by atoms with Gasteiger partial charge in [0, 0.05) is 0 Å². The van der Waals surface area contributed by atoms with Crippen molar-refractivity contribution >= 4 is 163 Å². The van der Waals surface area contributed by atoms with Gasteiger partial charge in [0.1, 0.15) is 11.6 Å². The Morgan fingerprint density at radius 3 is 0.230 bits per heavy atom. The van der Waals surface area contributed by atoms with Gasteiger partial charge in [0.05, 0.1) is 0 Å². The second kappa shape index (κ2) is 108. The number of benzene rings is 12. The molecule has 0 aliphatic carbocycles. The third-order valence-corrected chi connectivity index (χ3v) is 17.3. The zero-order valence-corrected chi connectivity index (χ0v) is 89.3. The Bertz CT molecular complexity index is 3030. The fourth-order valence-electron chi connectivity index (χ4n) is 9.15. The summed E-state index contributed by atoms with van der Waals surface area (Å²) < 4.78 is 0. The number of hydrogen-bond donors (Lipinski definition) is 0. The first-order chi connectivity index (χ1) is 56.6. The van der Waals surface area contributed by atoms with Gasteiger partial charge in [-0.2, -0.15) is 69.0 Å². The van der Waals surface area contributed by atoms with Crippen molar-refractivity contribution in [2.75, 3.05) is 69.0 Å². The molecule has 0 fully saturated rings. The van der Waals surface area contributed by atoms with Gasteiger partial charge >= 0.3 is 123 Å². The van der Waals surface area contributed by atoms with Crippen LogP contribution >= 0.6 is 0 Å². The molecule has 12 aromatic rings. The number of carbonyl (C=O) groups is 2. The minimum atomic E-state index is 0. The maximum atomic E-state index is 9.44. The molecule has 0 amide bonds. The van der Waals surface area contributed by atoms with E-state index in [9.17, 15) is 9.59 Å². The van der Waals surface area contributed by atoms with E-state index in [1.807, 2.05) is 218 Å². The van der Waals surface area contributed by atoms with Gasteiger partial charge in [-0.05, 0) is 172 Å². The number of aryl methyl sites for hydroxylation is 12. The molecule has 0 spiro atoms. The fraction of sp³-hybridized carbons (Fsp3) is 0.275. The van der Waals surface area contributed by atoms with E-state index in [-0.39, 0.29) is 134 Å². The normalized spacial score (nSPS) is 8.79. The number of rotatable bonds is 24. The first-order valence-corrected chi connectivity index (χ1v) is 46.0. The first kappa shape index (κ1) is 136. The number of ketones is 2. The standard InChI is InChI=1S/12C8H10S.2C3H6O.6Pd/c12*9-7-6-8-4-2-1-3-5-8;2*1-3(2)4;;;;;;/h12*1-5,9H,6-7H2;2*1-2H3;;;;;;/q;;;;;;;;;;;;;;6*+2/p-12.